The summed E-state index contributed by atoms with van der Waals surface area (Å²) in [5, 5.41) is 12.7. The third kappa shape index (κ3) is 4.47. The molecule has 3 aromatic rings. The molecule has 0 aliphatic heterocycles. The second-order valence-corrected chi connectivity index (χ2v) is 6.00. The fourth-order valence-electron chi connectivity index (χ4n) is 2.54. The van der Waals surface area contributed by atoms with E-state index in [1.165, 1.54) is 17.1 Å². The lowest BCUT2D eigenvalue weighted by Crippen LogP contribution is -2.25. The molecule has 2 N–H and O–H groups in total. The van der Waals surface area contributed by atoms with Crippen molar-refractivity contribution in [3.8, 4) is 0 Å². The molecule has 154 valence electrons. The first-order valence-electron chi connectivity index (χ1n) is 8.49. The quantitative estimate of drug-likeness (QED) is 0.649. The van der Waals surface area contributed by atoms with Gasteiger partial charge in [0, 0.05) is 25.9 Å². The number of nitrogens with zero attached hydrogens (tertiary/aromatic N) is 4. The molecule has 0 unspecified atom stereocenters. The standard InChI is InChI=1S/C17H17F3N6O3/c1-3-26-9-12(14(24-26)16(28)21-8-10-5-4-6-29-10)22-15(27)11-7-13(17(18,19)20)25(2)23-11/h4-7,9H,3,8H2,1-2H3,(H,21,28)(H,22,27). The lowest BCUT2D eigenvalue weighted by molar-refractivity contribution is -0.143. The van der Waals surface area contributed by atoms with E-state index in [0.717, 1.165) is 7.05 Å². The van der Waals surface area contributed by atoms with Crippen LogP contribution in [0.4, 0.5) is 18.9 Å². The van der Waals surface area contributed by atoms with E-state index in [1.807, 2.05) is 0 Å². The molecule has 0 aliphatic carbocycles. The molecule has 3 rings (SSSR count). The number of rotatable bonds is 6. The van der Waals surface area contributed by atoms with Gasteiger partial charge in [0.25, 0.3) is 11.8 Å². The number of aryl methyl sites for hydroxylation is 2. The van der Waals surface area contributed by atoms with E-state index in [-0.39, 0.29) is 17.9 Å². The van der Waals surface area contributed by atoms with Crippen molar-refractivity contribution in [1.82, 2.24) is 24.9 Å². The van der Waals surface area contributed by atoms with Crippen molar-refractivity contribution in [3.63, 3.8) is 0 Å². The van der Waals surface area contributed by atoms with Gasteiger partial charge in [0.05, 0.1) is 18.5 Å². The Hall–Kier alpha value is -3.57. The number of hydrogen-bond acceptors (Lipinski definition) is 5. The summed E-state index contributed by atoms with van der Waals surface area (Å²) in [5.41, 5.74) is -1.54. The Morgan fingerprint density at radius 2 is 2.00 bits per heavy atom. The normalized spacial score (nSPS) is 11.5. The van der Waals surface area contributed by atoms with Crippen LogP contribution in [0.15, 0.2) is 35.1 Å². The summed E-state index contributed by atoms with van der Waals surface area (Å²) >= 11 is 0. The average molecular weight is 410 g/mol. The molecule has 2 amide bonds. The topological polar surface area (TPSA) is 107 Å². The van der Waals surface area contributed by atoms with Crippen LogP contribution in [0, 0.1) is 0 Å². The average Bonchev–Trinajstić information content (AvgIpc) is 3.38. The van der Waals surface area contributed by atoms with Crippen molar-refractivity contribution >= 4 is 17.5 Å². The number of amides is 2. The van der Waals surface area contributed by atoms with Crippen molar-refractivity contribution in [2.75, 3.05) is 5.32 Å². The maximum atomic E-state index is 12.9. The number of halogens is 3. The molecule has 0 fully saturated rings. The second kappa shape index (κ2) is 7.81. The van der Waals surface area contributed by atoms with Crippen LogP contribution >= 0.6 is 0 Å². The van der Waals surface area contributed by atoms with Gasteiger partial charge in [-0.25, -0.2) is 0 Å². The van der Waals surface area contributed by atoms with E-state index in [1.54, 1.807) is 19.1 Å². The smallest absolute Gasteiger partial charge is 0.433 e. The SMILES string of the molecule is CCn1cc(NC(=O)c2cc(C(F)(F)F)n(C)n2)c(C(=O)NCc2ccco2)n1. The number of nitrogens with one attached hydrogen (secondary N) is 2. The summed E-state index contributed by atoms with van der Waals surface area (Å²) in [5.74, 6) is -0.959. The van der Waals surface area contributed by atoms with E-state index in [4.69, 9.17) is 4.42 Å². The molecule has 9 nitrogen and oxygen atoms in total. The first-order valence-corrected chi connectivity index (χ1v) is 8.49. The van der Waals surface area contributed by atoms with Crippen molar-refractivity contribution < 1.29 is 27.2 Å². The number of furan rings is 1. The number of carbonyl (C=O) groups is 2. The molecule has 0 saturated carbocycles. The molecule has 3 heterocycles. The van der Waals surface area contributed by atoms with Gasteiger partial charge in [-0.3, -0.25) is 19.0 Å². The Morgan fingerprint density at radius 3 is 2.59 bits per heavy atom. The van der Waals surface area contributed by atoms with Gasteiger partial charge in [-0.2, -0.15) is 23.4 Å². The van der Waals surface area contributed by atoms with E-state index < -0.39 is 29.4 Å². The van der Waals surface area contributed by atoms with E-state index in [2.05, 4.69) is 20.8 Å². The highest BCUT2D eigenvalue weighted by Crippen LogP contribution is 2.29. The summed E-state index contributed by atoms with van der Waals surface area (Å²) in [6.07, 6.45) is -1.78. The molecule has 0 aliphatic rings. The lowest BCUT2D eigenvalue weighted by Gasteiger charge is -2.04. The Morgan fingerprint density at radius 1 is 1.24 bits per heavy atom. The molecule has 12 heteroatoms. The summed E-state index contributed by atoms with van der Waals surface area (Å²) in [6.45, 7) is 2.29. The Labute approximate surface area is 162 Å². The van der Waals surface area contributed by atoms with Gasteiger partial charge in [-0.15, -0.1) is 0 Å². The fraction of sp³-hybridized carbons (Fsp3) is 0.294. The van der Waals surface area contributed by atoms with Gasteiger partial charge in [-0.1, -0.05) is 0 Å². The van der Waals surface area contributed by atoms with Crippen LogP contribution in [0.2, 0.25) is 0 Å². The minimum atomic E-state index is -4.65. The van der Waals surface area contributed by atoms with E-state index in [0.29, 0.717) is 23.1 Å². The highest BCUT2D eigenvalue weighted by Gasteiger charge is 2.36. The van der Waals surface area contributed by atoms with Gasteiger partial charge in [0.2, 0.25) is 0 Å². The van der Waals surface area contributed by atoms with Gasteiger partial charge >= 0.3 is 6.18 Å². The predicted molar refractivity (Wildman–Crippen MR) is 93.9 cm³/mol. The van der Waals surface area contributed by atoms with Crippen molar-refractivity contribution in [2.24, 2.45) is 7.05 Å². The summed E-state index contributed by atoms with van der Waals surface area (Å²) in [4.78, 5) is 24.8. The first-order chi connectivity index (χ1) is 13.7. The Bertz CT molecular complexity index is 1020. The van der Waals surface area contributed by atoms with Crippen LogP contribution in [-0.2, 0) is 26.3 Å². The molecule has 0 radical (unpaired) electrons. The van der Waals surface area contributed by atoms with E-state index >= 15 is 0 Å². The Kier molecular flexibility index (Phi) is 5.43. The zero-order valence-electron chi connectivity index (χ0n) is 15.4. The number of carbonyl (C=O) groups excluding carboxylic acids is 2. The maximum Gasteiger partial charge on any atom is 0.433 e. The molecule has 0 atom stereocenters. The largest absolute Gasteiger partial charge is 0.467 e. The van der Waals surface area contributed by atoms with Crippen molar-refractivity contribution in [1.29, 1.82) is 0 Å². The molecule has 0 spiro atoms. The van der Waals surface area contributed by atoms with Crippen molar-refractivity contribution in [2.45, 2.75) is 26.2 Å². The van der Waals surface area contributed by atoms with Gasteiger partial charge in [0.1, 0.15) is 11.5 Å². The van der Waals surface area contributed by atoms with Gasteiger partial charge in [-0.05, 0) is 19.1 Å². The van der Waals surface area contributed by atoms with Crippen LogP contribution in [-0.4, -0.2) is 31.4 Å². The van der Waals surface area contributed by atoms with Crippen LogP contribution in [0.3, 0.4) is 0 Å². The summed E-state index contributed by atoms with van der Waals surface area (Å²) in [6, 6.07) is 3.98. The highest BCUT2D eigenvalue weighted by atomic mass is 19.4. The van der Waals surface area contributed by atoms with Gasteiger partial charge in [0.15, 0.2) is 11.4 Å². The van der Waals surface area contributed by atoms with Crippen LogP contribution in [0.5, 0.6) is 0 Å². The molecule has 0 aromatic carbocycles. The molecule has 0 saturated heterocycles. The lowest BCUT2D eigenvalue weighted by atomic mass is 10.3. The highest BCUT2D eigenvalue weighted by molar-refractivity contribution is 6.07. The molecule has 0 bridgehead atoms. The molecule has 29 heavy (non-hydrogen) atoms. The summed E-state index contributed by atoms with van der Waals surface area (Å²) < 4.78 is 45.8. The molecule has 3 aromatic heterocycles. The van der Waals surface area contributed by atoms with Crippen LogP contribution in [0.25, 0.3) is 0 Å². The van der Waals surface area contributed by atoms with Gasteiger partial charge < -0.3 is 15.1 Å². The monoisotopic (exact) mass is 410 g/mol. The number of hydrogen-bond donors (Lipinski definition) is 2. The van der Waals surface area contributed by atoms with Crippen molar-refractivity contribution in [3.05, 3.63) is 53.5 Å². The summed E-state index contributed by atoms with van der Waals surface area (Å²) in [7, 11) is 1.09. The minimum Gasteiger partial charge on any atom is -0.467 e. The zero-order chi connectivity index (χ0) is 21.2. The molecular formula is C17H17F3N6O3. The minimum absolute atomic E-state index is 0.0491. The number of aromatic nitrogens is 4. The number of anilines is 1. The molecular weight excluding hydrogens is 393 g/mol. The zero-order valence-corrected chi connectivity index (χ0v) is 15.4. The third-order valence-electron chi connectivity index (χ3n) is 3.96. The third-order valence-corrected chi connectivity index (χ3v) is 3.96. The Balaban J connectivity index is 1.79. The van der Waals surface area contributed by atoms with E-state index in [9.17, 15) is 22.8 Å². The van der Waals surface area contributed by atoms with Crippen LogP contribution in [0.1, 0.15) is 39.4 Å². The first kappa shape index (κ1) is 20.2. The number of alkyl halides is 3. The fourth-order valence-corrected chi connectivity index (χ4v) is 2.54. The predicted octanol–water partition coefficient (Wildman–Crippen LogP) is 2.43. The maximum absolute atomic E-state index is 12.9. The van der Waals surface area contributed by atoms with Crippen LogP contribution < -0.4 is 10.6 Å². The second-order valence-electron chi connectivity index (χ2n) is 6.00.